The second-order valence-corrected chi connectivity index (χ2v) is 21.1. The van der Waals surface area contributed by atoms with Gasteiger partial charge >= 0.3 is 6.09 Å². The Morgan fingerprint density at radius 1 is 1.13 bits per heavy atom. The van der Waals surface area contributed by atoms with E-state index in [2.05, 4.69) is 58.2 Å². The fourth-order valence-corrected chi connectivity index (χ4v) is 8.19. The minimum absolute atomic E-state index is 0.116. The van der Waals surface area contributed by atoms with Gasteiger partial charge in [-0.1, -0.05) is 38.7 Å². The Labute approximate surface area is 275 Å². The highest BCUT2D eigenvalue weighted by molar-refractivity contribution is 9.10. The minimum Gasteiger partial charge on any atom is -0.467 e. The van der Waals surface area contributed by atoms with Crippen molar-refractivity contribution >= 4 is 41.1 Å². The average molecular weight is 704 g/mol. The molecule has 5 rings (SSSR count). The summed E-state index contributed by atoms with van der Waals surface area (Å²) in [4.78, 5) is 15.3. The summed E-state index contributed by atoms with van der Waals surface area (Å²) >= 11 is 4.02. The third-order valence-corrected chi connectivity index (χ3v) is 10.9. The van der Waals surface area contributed by atoms with Gasteiger partial charge in [0.2, 0.25) is 0 Å². The van der Waals surface area contributed by atoms with Crippen LogP contribution < -0.4 is 4.74 Å². The minimum atomic E-state index is -1.27. The van der Waals surface area contributed by atoms with Gasteiger partial charge in [0.25, 0.3) is 0 Å². The van der Waals surface area contributed by atoms with Gasteiger partial charge < -0.3 is 28.3 Å². The number of hydrogen-bond acceptors (Lipinski definition) is 8. The summed E-state index contributed by atoms with van der Waals surface area (Å²) in [5.41, 5.74) is 2.51. The number of nitrogens with zero attached hydrogens (tertiary/aromatic N) is 4. The van der Waals surface area contributed by atoms with Crippen molar-refractivity contribution in [3.05, 3.63) is 40.5 Å². The smallest absolute Gasteiger partial charge is 0.410 e. The average Bonchev–Trinajstić information content (AvgIpc) is 3.23. The molecule has 1 unspecified atom stereocenters. The number of morpholine rings is 1. The van der Waals surface area contributed by atoms with Gasteiger partial charge in [-0.3, -0.25) is 4.90 Å². The number of amides is 1. The number of rotatable bonds is 10. The Bertz CT molecular complexity index is 1500. The van der Waals surface area contributed by atoms with Gasteiger partial charge in [-0.25, -0.2) is 4.79 Å². The summed E-state index contributed by atoms with van der Waals surface area (Å²) in [6, 6.07) is 10.7. The highest BCUT2D eigenvalue weighted by Crippen LogP contribution is 2.48. The van der Waals surface area contributed by atoms with Crippen molar-refractivity contribution in [2.75, 3.05) is 33.7 Å². The lowest BCUT2D eigenvalue weighted by molar-refractivity contribution is -0.0944. The number of hydrogen-bond donors (Lipinski definition) is 0. The Balaban J connectivity index is 1.55. The van der Waals surface area contributed by atoms with E-state index in [-0.39, 0.29) is 30.4 Å². The van der Waals surface area contributed by atoms with E-state index >= 15 is 0 Å². The molecule has 2 aliphatic heterocycles. The lowest BCUT2D eigenvalue weighted by Crippen LogP contribution is -2.62. The molecular formula is C33H47BrN4O6Si. The van der Waals surface area contributed by atoms with Crippen molar-refractivity contribution in [2.24, 2.45) is 0 Å². The molecule has 3 aromatic rings. The molecule has 246 valence electrons. The van der Waals surface area contributed by atoms with Crippen LogP contribution in [0.15, 0.2) is 34.8 Å². The normalized spacial score (nSPS) is 22.1. The number of piperidine rings is 1. The topological polar surface area (TPSA) is 97.2 Å². The summed E-state index contributed by atoms with van der Waals surface area (Å²) in [6.07, 6.45) is 1.14. The zero-order valence-corrected chi connectivity index (χ0v) is 30.4. The predicted molar refractivity (Wildman–Crippen MR) is 180 cm³/mol. The van der Waals surface area contributed by atoms with Crippen LogP contribution >= 0.6 is 15.9 Å². The number of methoxy groups -OCH3 is 1. The molecule has 1 aromatic carbocycles. The molecule has 0 saturated carbocycles. The molecule has 0 spiro atoms. The molecule has 4 heterocycles. The molecule has 2 aliphatic rings. The van der Waals surface area contributed by atoms with Crippen molar-refractivity contribution in [1.29, 1.82) is 0 Å². The van der Waals surface area contributed by atoms with Gasteiger partial charge in [0.05, 0.1) is 31.0 Å². The fraction of sp³-hybridized carbons (Fsp3) is 0.606. The fourth-order valence-electron chi connectivity index (χ4n) is 6.45. The zero-order valence-electron chi connectivity index (χ0n) is 27.8. The van der Waals surface area contributed by atoms with E-state index in [0.29, 0.717) is 50.8 Å². The molecule has 2 fully saturated rings. The molecule has 0 N–H and O–H groups in total. The SMILES string of the molecule is COCOc1ccccc1-c1cc2c(Br)c(C3(C)C[C@H]4COC[C@@H](C3)N4C(=O)OC(C)(C)C)n(COCC[Si](C)(C)C)c2nn1. The van der Waals surface area contributed by atoms with Gasteiger partial charge in [0, 0.05) is 48.3 Å². The number of carbonyl (C=O) groups is 1. The predicted octanol–water partition coefficient (Wildman–Crippen LogP) is 7.21. The molecule has 2 bridgehead atoms. The Hall–Kier alpha value is -2.51. The molecular weight excluding hydrogens is 656 g/mol. The number of ether oxygens (including phenoxy) is 5. The molecule has 0 radical (unpaired) electrons. The maximum Gasteiger partial charge on any atom is 0.410 e. The van der Waals surface area contributed by atoms with Crippen LogP contribution in [0.5, 0.6) is 5.75 Å². The van der Waals surface area contributed by atoms with Crippen molar-refractivity contribution in [3.63, 3.8) is 0 Å². The van der Waals surface area contributed by atoms with Crippen LogP contribution in [0.3, 0.4) is 0 Å². The van der Waals surface area contributed by atoms with Crippen LogP contribution in [-0.2, 0) is 31.1 Å². The van der Waals surface area contributed by atoms with E-state index in [9.17, 15) is 4.79 Å². The molecule has 2 saturated heterocycles. The monoisotopic (exact) mass is 702 g/mol. The number of fused-ring (bicyclic) bond motifs is 3. The number of benzene rings is 1. The van der Waals surface area contributed by atoms with E-state index in [1.807, 2.05) is 49.9 Å². The van der Waals surface area contributed by atoms with Gasteiger partial charge in [-0.2, -0.15) is 0 Å². The van der Waals surface area contributed by atoms with Gasteiger partial charge in [0.1, 0.15) is 18.1 Å². The summed E-state index contributed by atoms with van der Waals surface area (Å²) in [6.45, 7) is 17.2. The van der Waals surface area contributed by atoms with E-state index in [0.717, 1.165) is 32.8 Å². The van der Waals surface area contributed by atoms with Gasteiger partial charge in [-0.15, -0.1) is 10.2 Å². The lowest BCUT2D eigenvalue weighted by Gasteiger charge is -2.52. The molecule has 12 heteroatoms. The third kappa shape index (κ3) is 7.56. The van der Waals surface area contributed by atoms with Crippen LogP contribution in [0.25, 0.3) is 22.3 Å². The summed E-state index contributed by atoms with van der Waals surface area (Å²) in [7, 11) is 0.326. The molecule has 0 aliphatic carbocycles. The first kappa shape index (κ1) is 33.8. The van der Waals surface area contributed by atoms with Crippen LogP contribution in [0.1, 0.15) is 46.2 Å². The second-order valence-electron chi connectivity index (χ2n) is 14.7. The maximum atomic E-state index is 13.4. The first-order valence-corrected chi connectivity index (χ1v) is 20.1. The van der Waals surface area contributed by atoms with Crippen molar-refractivity contribution in [2.45, 2.75) is 96.1 Å². The van der Waals surface area contributed by atoms with Crippen molar-refractivity contribution in [1.82, 2.24) is 19.7 Å². The van der Waals surface area contributed by atoms with E-state index in [4.69, 9.17) is 28.8 Å². The van der Waals surface area contributed by atoms with Gasteiger partial charge in [0.15, 0.2) is 12.4 Å². The number of carbonyl (C=O) groups excluding carboxylic acids is 1. The lowest BCUT2D eigenvalue weighted by atomic mass is 9.71. The Morgan fingerprint density at radius 2 is 1.82 bits per heavy atom. The zero-order chi connectivity index (χ0) is 32.6. The molecule has 2 aromatic heterocycles. The Kier molecular flexibility index (Phi) is 10.0. The van der Waals surface area contributed by atoms with Crippen LogP contribution in [0.4, 0.5) is 4.79 Å². The second kappa shape index (κ2) is 13.3. The summed E-state index contributed by atoms with van der Waals surface area (Å²) in [5.74, 6) is 0.674. The molecule has 10 nitrogen and oxygen atoms in total. The van der Waals surface area contributed by atoms with Gasteiger partial charge in [-0.05, 0) is 73.8 Å². The standard InChI is InChI=1S/C33H47BrN4O6Si/c1-32(2,3)44-31(39)38-22-16-33(4,17-23(38)19-42-18-22)29-28(34)25-15-26(24-11-9-10-12-27(24)43-21-40-5)35-36-30(25)37(29)20-41-13-14-45(6,7)8/h9-12,15,22-23H,13-14,16-21H2,1-8H3/t22-,23+,33?. The number of para-hydroxylation sites is 1. The van der Waals surface area contributed by atoms with Crippen LogP contribution in [0.2, 0.25) is 25.7 Å². The first-order chi connectivity index (χ1) is 21.2. The number of halogens is 1. The highest BCUT2D eigenvalue weighted by Gasteiger charge is 2.50. The Morgan fingerprint density at radius 3 is 2.47 bits per heavy atom. The van der Waals surface area contributed by atoms with Crippen molar-refractivity contribution < 1.29 is 28.5 Å². The third-order valence-electron chi connectivity index (χ3n) is 8.41. The molecule has 1 amide bonds. The largest absolute Gasteiger partial charge is 0.467 e. The molecule has 3 atom stereocenters. The summed E-state index contributed by atoms with van der Waals surface area (Å²) < 4.78 is 32.3. The van der Waals surface area contributed by atoms with E-state index in [1.165, 1.54) is 0 Å². The van der Waals surface area contributed by atoms with Crippen LogP contribution in [-0.4, -0.2) is 85.2 Å². The van der Waals surface area contributed by atoms with E-state index < -0.39 is 13.7 Å². The summed E-state index contributed by atoms with van der Waals surface area (Å²) in [5, 5.41) is 10.4. The first-order valence-electron chi connectivity index (χ1n) is 15.6. The maximum absolute atomic E-state index is 13.4. The van der Waals surface area contributed by atoms with Crippen LogP contribution in [0, 0.1) is 0 Å². The van der Waals surface area contributed by atoms with E-state index in [1.54, 1.807) is 7.11 Å². The quantitative estimate of drug-likeness (QED) is 0.124. The van der Waals surface area contributed by atoms with Crippen molar-refractivity contribution in [3.8, 4) is 17.0 Å². The molecule has 45 heavy (non-hydrogen) atoms. The highest BCUT2D eigenvalue weighted by atomic mass is 79.9. The number of aromatic nitrogens is 3.